The van der Waals surface area contributed by atoms with Crippen LogP contribution in [0.25, 0.3) is 11.0 Å². The number of hydrogen-bond acceptors (Lipinski definition) is 4. The molecule has 2 rings (SSSR count). The first-order valence-electron chi connectivity index (χ1n) is 5.72. The number of imidazole rings is 1. The molecule has 0 fully saturated rings. The van der Waals surface area contributed by atoms with Crippen LogP contribution in [-0.2, 0) is 9.53 Å². The van der Waals surface area contributed by atoms with Crippen molar-refractivity contribution in [3.05, 3.63) is 24.3 Å². The average molecular weight is 233 g/mol. The molecule has 2 heterocycles. The third-order valence-corrected chi connectivity index (χ3v) is 2.61. The van der Waals surface area contributed by atoms with Crippen molar-refractivity contribution in [1.29, 1.82) is 0 Å². The van der Waals surface area contributed by atoms with Gasteiger partial charge in [-0.25, -0.2) is 4.98 Å². The molecule has 1 atom stereocenters. The molecule has 0 bridgehead atoms. The highest BCUT2D eigenvalue weighted by molar-refractivity contribution is 5.80. The minimum atomic E-state index is -0.331. The highest BCUT2D eigenvalue weighted by atomic mass is 16.5. The van der Waals surface area contributed by atoms with Gasteiger partial charge in [0.25, 0.3) is 0 Å². The second-order valence-electron chi connectivity index (χ2n) is 3.73. The Bertz CT molecular complexity index is 488. The number of hydrogen-bond donors (Lipinski definition) is 1. The van der Waals surface area contributed by atoms with Crippen molar-refractivity contribution >= 4 is 17.0 Å². The van der Waals surface area contributed by atoms with Crippen LogP contribution in [-0.4, -0.2) is 27.5 Å². The van der Waals surface area contributed by atoms with E-state index in [-0.39, 0.29) is 11.9 Å². The summed E-state index contributed by atoms with van der Waals surface area (Å²) in [5.74, 6) is 0.0818. The van der Waals surface area contributed by atoms with Gasteiger partial charge in [-0.3, -0.25) is 9.78 Å². The van der Waals surface area contributed by atoms with Crippen molar-refractivity contribution in [3.63, 3.8) is 0 Å². The number of aromatic nitrogens is 3. The summed E-state index contributed by atoms with van der Waals surface area (Å²) in [6, 6.07) is 1.81. The number of fused-ring (bicyclic) bond motifs is 1. The molecular formula is C12H15N3O2. The summed E-state index contributed by atoms with van der Waals surface area (Å²) in [5, 5.41) is 0. The minimum absolute atomic E-state index is 0.234. The zero-order valence-electron chi connectivity index (χ0n) is 9.93. The standard InChI is InChI=1S/C12H15N3O2/c1-3-8(12(16)17-4-2)11-14-9-5-6-13-7-10(9)15-11/h5-8H,3-4H2,1-2H3,(H,14,15). The molecule has 17 heavy (non-hydrogen) atoms. The largest absolute Gasteiger partial charge is 0.465 e. The first kappa shape index (κ1) is 11.6. The Morgan fingerprint density at radius 1 is 1.53 bits per heavy atom. The van der Waals surface area contributed by atoms with Crippen LogP contribution < -0.4 is 0 Å². The Kier molecular flexibility index (Phi) is 3.37. The Balaban J connectivity index is 2.33. The summed E-state index contributed by atoms with van der Waals surface area (Å²) in [6.45, 7) is 4.12. The summed E-state index contributed by atoms with van der Waals surface area (Å²) >= 11 is 0. The lowest BCUT2D eigenvalue weighted by atomic mass is 10.1. The fourth-order valence-corrected chi connectivity index (χ4v) is 1.76. The van der Waals surface area contributed by atoms with Gasteiger partial charge in [0.15, 0.2) is 0 Å². The van der Waals surface area contributed by atoms with Gasteiger partial charge in [0.2, 0.25) is 0 Å². The molecule has 0 aromatic carbocycles. The molecule has 1 unspecified atom stereocenters. The number of pyridine rings is 1. The van der Waals surface area contributed by atoms with E-state index in [0.717, 1.165) is 11.0 Å². The molecular weight excluding hydrogens is 218 g/mol. The maximum atomic E-state index is 11.8. The van der Waals surface area contributed by atoms with Crippen molar-refractivity contribution in [3.8, 4) is 0 Å². The molecule has 90 valence electrons. The molecule has 5 heteroatoms. The van der Waals surface area contributed by atoms with E-state index >= 15 is 0 Å². The molecule has 1 N–H and O–H groups in total. The smallest absolute Gasteiger partial charge is 0.316 e. The Morgan fingerprint density at radius 2 is 2.35 bits per heavy atom. The average Bonchev–Trinajstić information content (AvgIpc) is 2.73. The third-order valence-electron chi connectivity index (χ3n) is 2.61. The molecule has 0 aliphatic rings. The van der Waals surface area contributed by atoms with Crippen LogP contribution >= 0.6 is 0 Å². The first-order chi connectivity index (χ1) is 8.26. The van der Waals surface area contributed by atoms with Crippen LogP contribution in [0.2, 0.25) is 0 Å². The summed E-state index contributed by atoms with van der Waals surface area (Å²) in [6.07, 6.45) is 4.04. The van der Waals surface area contributed by atoms with Gasteiger partial charge in [-0.15, -0.1) is 0 Å². The molecule has 0 aliphatic carbocycles. The Labute approximate surface area is 99.2 Å². The van der Waals surface area contributed by atoms with E-state index in [1.807, 2.05) is 13.0 Å². The number of carbonyl (C=O) groups excluding carboxylic acids is 1. The monoisotopic (exact) mass is 233 g/mol. The predicted octanol–water partition coefficient (Wildman–Crippen LogP) is 2.01. The second-order valence-corrected chi connectivity index (χ2v) is 3.73. The molecule has 2 aromatic rings. The van der Waals surface area contributed by atoms with Gasteiger partial charge in [0.05, 0.1) is 23.8 Å². The number of rotatable bonds is 4. The first-order valence-corrected chi connectivity index (χ1v) is 5.72. The van der Waals surface area contributed by atoms with Crippen molar-refractivity contribution < 1.29 is 9.53 Å². The predicted molar refractivity (Wildman–Crippen MR) is 63.6 cm³/mol. The molecule has 0 aliphatic heterocycles. The fraction of sp³-hybridized carbons (Fsp3) is 0.417. The number of aromatic amines is 1. The van der Waals surface area contributed by atoms with Crippen LogP contribution in [0, 0.1) is 0 Å². The number of carbonyl (C=O) groups is 1. The summed E-state index contributed by atoms with van der Waals surface area (Å²) in [5.41, 5.74) is 1.66. The van der Waals surface area contributed by atoms with Gasteiger partial charge in [-0.05, 0) is 19.4 Å². The van der Waals surface area contributed by atoms with Gasteiger partial charge in [0.1, 0.15) is 11.7 Å². The van der Waals surface area contributed by atoms with E-state index in [4.69, 9.17) is 4.74 Å². The molecule has 2 aromatic heterocycles. The Hall–Kier alpha value is -1.91. The summed E-state index contributed by atoms with van der Waals surface area (Å²) < 4.78 is 5.03. The normalized spacial score (nSPS) is 12.6. The quantitative estimate of drug-likeness (QED) is 0.820. The highest BCUT2D eigenvalue weighted by Gasteiger charge is 2.23. The highest BCUT2D eigenvalue weighted by Crippen LogP contribution is 2.21. The van der Waals surface area contributed by atoms with Crippen molar-refractivity contribution in [2.45, 2.75) is 26.2 Å². The maximum Gasteiger partial charge on any atom is 0.316 e. The number of ether oxygens (including phenoxy) is 1. The molecule has 0 spiro atoms. The lowest BCUT2D eigenvalue weighted by Crippen LogP contribution is -2.16. The number of nitrogens with zero attached hydrogens (tertiary/aromatic N) is 2. The van der Waals surface area contributed by atoms with Crippen LogP contribution in [0.1, 0.15) is 32.0 Å². The lowest BCUT2D eigenvalue weighted by molar-refractivity contribution is -0.145. The Morgan fingerprint density at radius 3 is 3.00 bits per heavy atom. The lowest BCUT2D eigenvalue weighted by Gasteiger charge is -2.10. The summed E-state index contributed by atoms with van der Waals surface area (Å²) in [4.78, 5) is 23.3. The summed E-state index contributed by atoms with van der Waals surface area (Å²) in [7, 11) is 0. The van der Waals surface area contributed by atoms with Crippen molar-refractivity contribution in [2.24, 2.45) is 0 Å². The van der Waals surface area contributed by atoms with E-state index in [1.165, 1.54) is 0 Å². The van der Waals surface area contributed by atoms with Gasteiger partial charge < -0.3 is 9.72 Å². The molecule has 0 saturated heterocycles. The SMILES string of the molecule is CCOC(=O)C(CC)c1nc2ccncc2[nH]1. The zero-order chi connectivity index (χ0) is 12.3. The van der Waals surface area contributed by atoms with E-state index in [0.29, 0.717) is 18.9 Å². The van der Waals surface area contributed by atoms with Gasteiger partial charge in [0, 0.05) is 6.20 Å². The second kappa shape index (κ2) is 4.95. The van der Waals surface area contributed by atoms with Crippen molar-refractivity contribution in [1.82, 2.24) is 15.0 Å². The topological polar surface area (TPSA) is 67.9 Å². The molecule has 0 amide bonds. The minimum Gasteiger partial charge on any atom is -0.465 e. The maximum absolute atomic E-state index is 11.8. The van der Waals surface area contributed by atoms with Crippen LogP contribution in [0.15, 0.2) is 18.5 Å². The van der Waals surface area contributed by atoms with E-state index < -0.39 is 0 Å². The van der Waals surface area contributed by atoms with Gasteiger partial charge >= 0.3 is 5.97 Å². The molecule has 5 nitrogen and oxygen atoms in total. The van der Waals surface area contributed by atoms with E-state index in [1.54, 1.807) is 19.3 Å². The van der Waals surface area contributed by atoms with Crippen LogP contribution in [0.4, 0.5) is 0 Å². The van der Waals surface area contributed by atoms with Crippen LogP contribution in [0.3, 0.4) is 0 Å². The molecule has 0 radical (unpaired) electrons. The van der Waals surface area contributed by atoms with Crippen molar-refractivity contribution in [2.75, 3.05) is 6.61 Å². The third kappa shape index (κ3) is 2.27. The zero-order valence-corrected chi connectivity index (χ0v) is 9.93. The van der Waals surface area contributed by atoms with E-state index in [2.05, 4.69) is 15.0 Å². The van der Waals surface area contributed by atoms with Gasteiger partial charge in [-0.2, -0.15) is 0 Å². The molecule has 0 saturated carbocycles. The number of esters is 1. The number of H-pyrrole nitrogens is 1. The van der Waals surface area contributed by atoms with Crippen LogP contribution in [0.5, 0.6) is 0 Å². The fourth-order valence-electron chi connectivity index (χ4n) is 1.76. The van der Waals surface area contributed by atoms with E-state index in [9.17, 15) is 4.79 Å². The number of nitrogens with one attached hydrogen (secondary N) is 1. The van der Waals surface area contributed by atoms with Gasteiger partial charge in [-0.1, -0.05) is 6.92 Å².